The molecule has 0 aliphatic carbocycles. The lowest BCUT2D eigenvalue weighted by molar-refractivity contribution is 0.251. The van der Waals surface area contributed by atoms with Crippen molar-refractivity contribution in [2.24, 2.45) is 0 Å². The number of hydrogen-bond acceptors (Lipinski definition) is 3. The largest absolute Gasteiger partial charge is 0.334 e. The molecule has 0 aliphatic rings. The Morgan fingerprint density at radius 3 is 2.18 bits per heavy atom. The van der Waals surface area contributed by atoms with Crippen molar-refractivity contribution in [1.82, 2.24) is 5.32 Å². The van der Waals surface area contributed by atoms with Gasteiger partial charge in [0.2, 0.25) is 0 Å². The maximum absolute atomic E-state index is 12.7. The van der Waals surface area contributed by atoms with Crippen LogP contribution in [0.1, 0.15) is 5.56 Å². The highest BCUT2D eigenvalue weighted by Crippen LogP contribution is 2.13. The average Bonchev–Trinajstić information content (AvgIpc) is 2.46. The van der Waals surface area contributed by atoms with Gasteiger partial charge in [0.25, 0.3) is 0 Å². The van der Waals surface area contributed by atoms with Crippen molar-refractivity contribution in [2.45, 2.75) is 11.4 Å². The molecule has 0 atom stereocenters. The average molecular weight is 322 g/mol. The Hall–Kier alpha value is -2.41. The van der Waals surface area contributed by atoms with Gasteiger partial charge in [0.15, 0.2) is 9.84 Å². The van der Waals surface area contributed by atoms with E-state index < -0.39 is 15.9 Å². The molecule has 0 saturated carbocycles. The fourth-order valence-electron chi connectivity index (χ4n) is 1.75. The van der Waals surface area contributed by atoms with Gasteiger partial charge in [-0.3, -0.25) is 0 Å². The normalized spacial score (nSPS) is 11.0. The Balaban J connectivity index is 1.90. The van der Waals surface area contributed by atoms with E-state index in [1.165, 1.54) is 36.4 Å². The van der Waals surface area contributed by atoms with E-state index >= 15 is 0 Å². The second-order valence-electron chi connectivity index (χ2n) is 4.73. The fraction of sp³-hybridized carbons (Fsp3) is 0.133. The van der Waals surface area contributed by atoms with Crippen LogP contribution in [0.3, 0.4) is 0 Å². The summed E-state index contributed by atoms with van der Waals surface area (Å²) in [5.41, 5.74) is 1.24. The Labute approximate surface area is 128 Å². The number of hydrogen-bond donors (Lipinski definition) is 2. The van der Waals surface area contributed by atoms with Gasteiger partial charge in [-0.15, -0.1) is 0 Å². The van der Waals surface area contributed by atoms with Crippen molar-refractivity contribution < 1.29 is 17.6 Å². The van der Waals surface area contributed by atoms with Crippen molar-refractivity contribution in [2.75, 3.05) is 11.6 Å². The van der Waals surface area contributed by atoms with Crippen LogP contribution in [0.4, 0.5) is 14.9 Å². The molecule has 22 heavy (non-hydrogen) atoms. The van der Waals surface area contributed by atoms with E-state index in [2.05, 4.69) is 10.6 Å². The second kappa shape index (κ2) is 6.57. The van der Waals surface area contributed by atoms with Crippen LogP contribution in [0.15, 0.2) is 53.4 Å². The van der Waals surface area contributed by atoms with Crippen molar-refractivity contribution in [3.05, 3.63) is 59.9 Å². The van der Waals surface area contributed by atoms with Crippen LogP contribution in [0.2, 0.25) is 0 Å². The first-order chi connectivity index (χ1) is 10.3. The van der Waals surface area contributed by atoms with Gasteiger partial charge in [-0.25, -0.2) is 17.6 Å². The van der Waals surface area contributed by atoms with Crippen molar-refractivity contribution >= 4 is 21.6 Å². The smallest absolute Gasteiger partial charge is 0.319 e. The van der Waals surface area contributed by atoms with Crippen molar-refractivity contribution in [3.8, 4) is 0 Å². The molecule has 2 rings (SSSR count). The van der Waals surface area contributed by atoms with Gasteiger partial charge in [-0.05, 0) is 42.0 Å². The molecule has 0 bridgehead atoms. The van der Waals surface area contributed by atoms with Gasteiger partial charge in [0.05, 0.1) is 4.90 Å². The first kappa shape index (κ1) is 16.0. The van der Waals surface area contributed by atoms with Crippen LogP contribution >= 0.6 is 0 Å². The number of halogens is 1. The van der Waals surface area contributed by atoms with Crippen molar-refractivity contribution in [3.63, 3.8) is 0 Å². The Morgan fingerprint density at radius 2 is 1.64 bits per heavy atom. The molecule has 0 spiro atoms. The zero-order valence-corrected chi connectivity index (χ0v) is 12.7. The van der Waals surface area contributed by atoms with Crippen LogP contribution in [0, 0.1) is 5.82 Å². The summed E-state index contributed by atoms with van der Waals surface area (Å²) in [6.45, 7) is 0.257. The molecule has 0 radical (unpaired) electrons. The number of urea groups is 1. The number of carbonyl (C=O) groups is 1. The van der Waals surface area contributed by atoms with E-state index in [1.807, 2.05) is 0 Å². The van der Waals surface area contributed by atoms with Gasteiger partial charge < -0.3 is 10.6 Å². The maximum Gasteiger partial charge on any atom is 0.319 e. The molecule has 2 amide bonds. The van der Waals surface area contributed by atoms with Gasteiger partial charge in [-0.1, -0.05) is 12.1 Å². The molecule has 0 aromatic heterocycles. The fourth-order valence-corrected chi connectivity index (χ4v) is 2.38. The lowest BCUT2D eigenvalue weighted by Crippen LogP contribution is -2.28. The number of anilines is 1. The Kier molecular flexibility index (Phi) is 4.77. The van der Waals surface area contributed by atoms with E-state index in [-0.39, 0.29) is 17.3 Å². The predicted octanol–water partition coefficient (Wildman–Crippen LogP) is 2.55. The SMILES string of the molecule is CS(=O)(=O)c1ccc(NC(=O)NCc2ccc(F)cc2)cc1. The third-order valence-electron chi connectivity index (χ3n) is 2.91. The van der Waals surface area contributed by atoms with E-state index in [9.17, 15) is 17.6 Å². The summed E-state index contributed by atoms with van der Waals surface area (Å²) >= 11 is 0. The number of carbonyl (C=O) groups excluding carboxylic acids is 1. The topological polar surface area (TPSA) is 75.3 Å². The molecule has 0 unspecified atom stereocenters. The number of sulfone groups is 1. The summed E-state index contributed by atoms with van der Waals surface area (Å²) < 4.78 is 35.4. The van der Waals surface area contributed by atoms with Crippen LogP contribution < -0.4 is 10.6 Å². The van der Waals surface area contributed by atoms with Gasteiger partial charge >= 0.3 is 6.03 Å². The minimum absolute atomic E-state index is 0.185. The number of rotatable bonds is 4. The lowest BCUT2D eigenvalue weighted by atomic mass is 10.2. The zero-order chi connectivity index (χ0) is 16.2. The highest BCUT2D eigenvalue weighted by molar-refractivity contribution is 7.90. The van der Waals surface area contributed by atoms with Crippen LogP contribution in [0.5, 0.6) is 0 Å². The van der Waals surface area contributed by atoms with Crippen molar-refractivity contribution in [1.29, 1.82) is 0 Å². The highest BCUT2D eigenvalue weighted by atomic mass is 32.2. The third-order valence-corrected chi connectivity index (χ3v) is 4.04. The molecular formula is C15H15FN2O3S. The molecule has 116 valence electrons. The first-order valence-electron chi connectivity index (χ1n) is 6.44. The monoisotopic (exact) mass is 322 g/mol. The predicted molar refractivity (Wildman–Crippen MR) is 81.8 cm³/mol. The summed E-state index contributed by atoms with van der Waals surface area (Å²) in [5.74, 6) is -0.334. The number of nitrogens with one attached hydrogen (secondary N) is 2. The first-order valence-corrected chi connectivity index (χ1v) is 8.33. The minimum Gasteiger partial charge on any atom is -0.334 e. The van der Waals surface area contributed by atoms with E-state index in [4.69, 9.17) is 0 Å². The summed E-state index contributed by atoms with van der Waals surface area (Å²) in [6.07, 6.45) is 1.12. The second-order valence-corrected chi connectivity index (χ2v) is 6.75. The van der Waals surface area contributed by atoms with Crippen LogP contribution in [-0.2, 0) is 16.4 Å². The zero-order valence-electron chi connectivity index (χ0n) is 11.8. The van der Waals surface area contributed by atoms with E-state index in [1.54, 1.807) is 12.1 Å². The standard InChI is InChI=1S/C15H15FN2O3S/c1-22(20,21)14-8-6-13(7-9-14)18-15(19)17-10-11-2-4-12(16)5-3-11/h2-9H,10H2,1H3,(H2,17,18,19). The molecule has 0 aliphatic heterocycles. The maximum atomic E-state index is 12.7. The highest BCUT2D eigenvalue weighted by Gasteiger charge is 2.07. The minimum atomic E-state index is -3.26. The lowest BCUT2D eigenvalue weighted by Gasteiger charge is -2.08. The van der Waals surface area contributed by atoms with Gasteiger partial charge in [0.1, 0.15) is 5.82 Å². The Bertz CT molecular complexity index is 756. The van der Waals surface area contributed by atoms with Gasteiger partial charge in [-0.2, -0.15) is 0 Å². The molecule has 7 heteroatoms. The summed E-state index contributed by atoms with van der Waals surface area (Å²) in [5, 5.41) is 5.20. The summed E-state index contributed by atoms with van der Waals surface area (Å²) in [7, 11) is -3.26. The van der Waals surface area contributed by atoms with Gasteiger partial charge in [0, 0.05) is 18.5 Å². The quantitative estimate of drug-likeness (QED) is 0.908. The van der Waals surface area contributed by atoms with Crippen LogP contribution in [-0.4, -0.2) is 20.7 Å². The van der Waals surface area contributed by atoms with Crippen LogP contribution in [0.25, 0.3) is 0 Å². The van der Waals surface area contributed by atoms with E-state index in [0.717, 1.165) is 11.8 Å². The molecular weight excluding hydrogens is 307 g/mol. The molecule has 2 aromatic carbocycles. The number of amides is 2. The summed E-state index contributed by atoms with van der Waals surface area (Å²) in [4.78, 5) is 11.9. The molecule has 0 fully saturated rings. The molecule has 0 saturated heterocycles. The molecule has 2 aromatic rings. The molecule has 5 nitrogen and oxygen atoms in total. The van der Waals surface area contributed by atoms with E-state index in [0.29, 0.717) is 5.69 Å². The Morgan fingerprint density at radius 1 is 1.05 bits per heavy atom. The number of benzene rings is 2. The summed E-state index contributed by atoms with van der Waals surface area (Å²) in [6, 6.07) is 11.2. The molecule has 2 N–H and O–H groups in total. The molecule has 0 heterocycles. The third kappa shape index (κ3) is 4.56.